The third kappa shape index (κ3) is 6.74. The second kappa shape index (κ2) is 4.60. The summed E-state index contributed by atoms with van der Waals surface area (Å²) in [5, 5.41) is 2.43. The number of amides is 2. The molecule has 0 aromatic carbocycles. The monoisotopic (exact) mass is 146 g/mol. The van der Waals surface area contributed by atoms with Gasteiger partial charge in [-0.15, -0.1) is 0 Å². The van der Waals surface area contributed by atoms with Crippen LogP contribution in [0.3, 0.4) is 0 Å². The number of carbonyl (C=O) groups is 2. The Labute approximate surface area is 58.5 Å². The van der Waals surface area contributed by atoms with Crippen LogP contribution in [-0.4, -0.2) is 25.2 Å². The first-order valence-corrected chi connectivity index (χ1v) is 2.79. The van der Waals surface area contributed by atoms with Crippen LogP contribution in [0.2, 0.25) is 0 Å². The van der Waals surface area contributed by atoms with Crippen LogP contribution in [0.4, 0.5) is 4.79 Å². The molecule has 3 N–H and O–H groups in total. The van der Waals surface area contributed by atoms with E-state index < -0.39 is 6.09 Å². The van der Waals surface area contributed by atoms with E-state index in [0.717, 1.165) is 0 Å². The highest BCUT2D eigenvalue weighted by Crippen LogP contribution is 1.70. The zero-order valence-electron chi connectivity index (χ0n) is 5.72. The summed E-state index contributed by atoms with van der Waals surface area (Å²) in [6.07, 6.45) is -0.828. The van der Waals surface area contributed by atoms with Crippen molar-refractivity contribution in [1.29, 1.82) is 0 Å². The molecule has 0 saturated carbocycles. The van der Waals surface area contributed by atoms with Crippen LogP contribution < -0.4 is 11.1 Å². The second-order valence-electron chi connectivity index (χ2n) is 1.65. The maximum Gasteiger partial charge on any atom is 0.404 e. The van der Waals surface area contributed by atoms with E-state index in [1.54, 1.807) is 0 Å². The van der Waals surface area contributed by atoms with Crippen molar-refractivity contribution in [2.24, 2.45) is 5.73 Å². The van der Waals surface area contributed by atoms with Crippen molar-refractivity contribution >= 4 is 12.0 Å². The molecule has 0 heterocycles. The Hall–Kier alpha value is -1.26. The molecule has 10 heavy (non-hydrogen) atoms. The van der Waals surface area contributed by atoms with E-state index in [0.29, 0.717) is 6.54 Å². The fraction of sp³-hybridized carbons (Fsp3) is 0.600. The third-order valence-corrected chi connectivity index (χ3v) is 0.720. The van der Waals surface area contributed by atoms with Crippen LogP contribution in [0.15, 0.2) is 0 Å². The van der Waals surface area contributed by atoms with Crippen molar-refractivity contribution in [2.75, 3.05) is 13.2 Å². The van der Waals surface area contributed by atoms with Crippen LogP contribution in [0, 0.1) is 0 Å². The highest BCUT2D eigenvalue weighted by molar-refractivity contribution is 5.72. The minimum absolute atomic E-state index is 0.120. The highest BCUT2D eigenvalue weighted by atomic mass is 16.5. The summed E-state index contributed by atoms with van der Waals surface area (Å²) in [5.74, 6) is -0.159. The van der Waals surface area contributed by atoms with Gasteiger partial charge in [0.05, 0.1) is 6.54 Å². The molecular formula is C5H10N2O3. The van der Waals surface area contributed by atoms with Crippen molar-refractivity contribution in [2.45, 2.75) is 6.92 Å². The van der Waals surface area contributed by atoms with Gasteiger partial charge in [0.15, 0.2) is 0 Å². The van der Waals surface area contributed by atoms with Crippen LogP contribution in [-0.2, 0) is 9.53 Å². The highest BCUT2D eigenvalue weighted by Gasteiger charge is 1.92. The van der Waals surface area contributed by atoms with Crippen LogP contribution in [0.1, 0.15) is 6.92 Å². The molecule has 0 unspecified atom stereocenters. The summed E-state index contributed by atoms with van der Waals surface area (Å²) in [6.45, 7) is 1.80. The Morgan fingerprint density at radius 3 is 2.60 bits per heavy atom. The minimum atomic E-state index is -0.828. The van der Waals surface area contributed by atoms with Gasteiger partial charge in [0.25, 0.3) is 0 Å². The van der Waals surface area contributed by atoms with E-state index >= 15 is 0 Å². The lowest BCUT2D eigenvalue weighted by atomic mass is 10.6. The summed E-state index contributed by atoms with van der Waals surface area (Å²) >= 11 is 0. The average Bonchev–Trinajstić information content (AvgIpc) is 1.79. The Morgan fingerprint density at radius 1 is 1.60 bits per heavy atom. The van der Waals surface area contributed by atoms with Crippen LogP contribution in [0.25, 0.3) is 0 Å². The predicted octanol–water partition coefficient (Wildman–Crippen LogP) is -0.782. The summed E-state index contributed by atoms with van der Waals surface area (Å²) < 4.78 is 4.32. The molecule has 2 amide bonds. The molecule has 5 nitrogen and oxygen atoms in total. The van der Waals surface area contributed by atoms with Crippen molar-refractivity contribution in [3.8, 4) is 0 Å². The van der Waals surface area contributed by atoms with Crippen molar-refractivity contribution in [3.05, 3.63) is 0 Å². The first-order chi connectivity index (χ1) is 4.63. The topological polar surface area (TPSA) is 81.4 Å². The first kappa shape index (κ1) is 8.74. The lowest BCUT2D eigenvalue weighted by Gasteiger charge is -2.00. The minimum Gasteiger partial charge on any atom is -0.448 e. The molecule has 0 aliphatic heterocycles. The van der Waals surface area contributed by atoms with Gasteiger partial charge in [0.1, 0.15) is 6.61 Å². The van der Waals surface area contributed by atoms with Crippen LogP contribution >= 0.6 is 0 Å². The number of hydrogen-bond donors (Lipinski definition) is 2. The number of carbonyl (C=O) groups excluding carboxylic acids is 2. The molecule has 0 aromatic rings. The molecule has 0 radical (unpaired) electrons. The maximum atomic E-state index is 10.2. The maximum absolute atomic E-state index is 10.2. The number of primary amides is 1. The van der Waals surface area contributed by atoms with Gasteiger partial charge in [0.2, 0.25) is 5.91 Å². The van der Waals surface area contributed by atoms with Crippen molar-refractivity contribution in [1.82, 2.24) is 5.32 Å². The number of nitrogens with one attached hydrogen (secondary N) is 1. The quantitative estimate of drug-likeness (QED) is 0.512. The second-order valence-corrected chi connectivity index (χ2v) is 1.65. The van der Waals surface area contributed by atoms with E-state index in [2.05, 4.69) is 15.8 Å². The molecule has 0 saturated heterocycles. The number of rotatable bonds is 3. The van der Waals surface area contributed by atoms with Crippen molar-refractivity contribution < 1.29 is 14.3 Å². The molecule has 0 rings (SSSR count). The molecule has 0 spiro atoms. The normalized spacial score (nSPS) is 8.50. The average molecular weight is 146 g/mol. The van der Waals surface area contributed by atoms with Gasteiger partial charge in [-0.05, 0) is 0 Å². The molecule has 0 aliphatic carbocycles. The fourth-order valence-corrected chi connectivity index (χ4v) is 0.379. The Balaban J connectivity index is 3.06. The number of hydrogen-bond acceptors (Lipinski definition) is 3. The van der Waals surface area contributed by atoms with Gasteiger partial charge >= 0.3 is 6.09 Å². The van der Waals surface area contributed by atoms with E-state index in [4.69, 9.17) is 0 Å². The Morgan fingerprint density at radius 2 is 2.20 bits per heavy atom. The van der Waals surface area contributed by atoms with E-state index in [1.807, 2.05) is 0 Å². The largest absolute Gasteiger partial charge is 0.448 e. The van der Waals surface area contributed by atoms with E-state index in [1.165, 1.54) is 6.92 Å². The van der Waals surface area contributed by atoms with Gasteiger partial charge in [-0.25, -0.2) is 4.79 Å². The first-order valence-electron chi connectivity index (χ1n) is 2.79. The van der Waals surface area contributed by atoms with Gasteiger partial charge in [0, 0.05) is 6.92 Å². The summed E-state index contributed by atoms with van der Waals surface area (Å²) in [7, 11) is 0. The molecule has 5 heteroatoms. The lowest BCUT2D eigenvalue weighted by Crippen LogP contribution is -2.26. The van der Waals surface area contributed by atoms with E-state index in [-0.39, 0.29) is 12.5 Å². The van der Waals surface area contributed by atoms with Gasteiger partial charge in [-0.3, -0.25) is 4.79 Å². The number of ether oxygens (including phenoxy) is 1. The van der Waals surface area contributed by atoms with Gasteiger partial charge in [-0.2, -0.15) is 0 Å². The lowest BCUT2D eigenvalue weighted by molar-refractivity contribution is -0.119. The molecule has 0 bridgehead atoms. The molecule has 0 aliphatic rings. The molecule has 58 valence electrons. The number of nitrogens with two attached hydrogens (primary N) is 1. The molecule has 0 atom stereocenters. The molecule has 0 aromatic heterocycles. The molecule has 0 fully saturated rings. The zero-order chi connectivity index (χ0) is 7.98. The Kier molecular flexibility index (Phi) is 4.02. The fourth-order valence-electron chi connectivity index (χ4n) is 0.379. The SMILES string of the molecule is CC(=O)NCCOC(N)=O. The van der Waals surface area contributed by atoms with Crippen molar-refractivity contribution in [3.63, 3.8) is 0 Å². The van der Waals surface area contributed by atoms with Gasteiger partial charge < -0.3 is 15.8 Å². The Bertz CT molecular complexity index is 119. The summed E-state index contributed by atoms with van der Waals surface area (Å²) in [4.78, 5) is 20.1. The van der Waals surface area contributed by atoms with Gasteiger partial charge in [-0.1, -0.05) is 0 Å². The van der Waals surface area contributed by atoms with Crippen LogP contribution in [0.5, 0.6) is 0 Å². The predicted molar refractivity (Wildman–Crippen MR) is 34.2 cm³/mol. The summed E-state index contributed by atoms with van der Waals surface area (Å²) in [5.41, 5.74) is 4.64. The zero-order valence-corrected chi connectivity index (χ0v) is 5.72. The standard InChI is InChI=1S/C5H10N2O3/c1-4(8)7-2-3-10-5(6)9/h2-3H2,1H3,(H2,6,9)(H,7,8). The molecular weight excluding hydrogens is 136 g/mol. The summed E-state index contributed by atoms with van der Waals surface area (Å²) in [6, 6.07) is 0. The van der Waals surface area contributed by atoms with E-state index in [9.17, 15) is 9.59 Å². The third-order valence-electron chi connectivity index (χ3n) is 0.720. The smallest absolute Gasteiger partial charge is 0.404 e.